The standard InChI is InChI=1S/C33H29N5O.Pt/c1-23-18-26(36-35-23)10-4-3-9-17-37-22-38(27-11-5-2-6-12-27)33-30(37)19-25(21-34-33)24-15-16-29-28-13-7-8-14-31(28)39-32(29)20-24;/h2,5-8,11-16,18-21H,3-4,9-10,17H2,1H3,(H,35,36);. The second-order valence-corrected chi connectivity index (χ2v) is 11.3. The van der Waals surface area contributed by atoms with Gasteiger partial charge >= 0.3 is 243 Å². The van der Waals surface area contributed by atoms with Crippen molar-refractivity contribution in [2.45, 2.75) is 39.2 Å². The summed E-state index contributed by atoms with van der Waals surface area (Å²) in [5, 5.41) is 9.71. The number of nitrogens with zero attached hydrogens (tertiary/aromatic N) is 4. The minimum atomic E-state index is 0.898. The van der Waals surface area contributed by atoms with E-state index in [1.165, 1.54) is 0 Å². The number of nitrogens with one attached hydrogen (secondary N) is 1. The number of unbranched alkanes of at least 4 members (excludes halogenated alkanes) is 2. The van der Waals surface area contributed by atoms with Gasteiger partial charge in [0.05, 0.1) is 0 Å². The van der Waals surface area contributed by atoms with Gasteiger partial charge in [-0.2, -0.15) is 0 Å². The number of pyridine rings is 1. The van der Waals surface area contributed by atoms with Crippen LogP contribution >= 0.6 is 0 Å². The van der Waals surface area contributed by atoms with E-state index in [4.69, 9.17) is 9.40 Å². The number of furan rings is 1. The molecule has 202 valence electrons. The second kappa shape index (κ2) is 10.5. The average Bonchev–Trinajstić information content (AvgIpc) is 3.65. The van der Waals surface area contributed by atoms with Gasteiger partial charge in [0.25, 0.3) is 0 Å². The molecule has 1 N–H and O–H groups in total. The number of fused-ring (bicyclic) bond motifs is 4. The van der Waals surface area contributed by atoms with Crippen LogP contribution < -0.4 is 0 Å². The van der Waals surface area contributed by atoms with Crippen LogP contribution in [0.4, 0.5) is 0 Å². The van der Waals surface area contributed by atoms with Gasteiger partial charge in [0.1, 0.15) is 0 Å². The van der Waals surface area contributed by atoms with E-state index in [0.717, 1.165) is 97.3 Å². The molecule has 0 fully saturated rings. The van der Waals surface area contributed by atoms with Crippen LogP contribution in [-0.2, 0) is 32.3 Å². The Morgan fingerprint density at radius 2 is 1.65 bits per heavy atom. The number of benzene rings is 3. The summed E-state index contributed by atoms with van der Waals surface area (Å²) in [5.41, 5.74) is 9.49. The molecule has 3 aromatic carbocycles. The number of rotatable bonds is 8. The van der Waals surface area contributed by atoms with Crippen molar-refractivity contribution in [1.29, 1.82) is 0 Å². The molecule has 7 aromatic rings. The second-order valence-electron chi connectivity index (χ2n) is 10.3. The van der Waals surface area contributed by atoms with Crippen LogP contribution in [0.2, 0.25) is 0 Å². The summed E-state index contributed by atoms with van der Waals surface area (Å²) < 4.78 is 12.0. The van der Waals surface area contributed by atoms with Gasteiger partial charge in [-0.25, -0.2) is 0 Å². The Kier molecular flexibility index (Phi) is 6.57. The van der Waals surface area contributed by atoms with E-state index in [-0.39, 0.29) is 0 Å². The van der Waals surface area contributed by atoms with Gasteiger partial charge in [0.15, 0.2) is 0 Å². The Morgan fingerprint density at radius 1 is 0.825 bits per heavy atom. The fourth-order valence-corrected chi connectivity index (χ4v) is 6.59. The predicted molar refractivity (Wildman–Crippen MR) is 156 cm³/mol. The van der Waals surface area contributed by atoms with Crippen LogP contribution in [0.3, 0.4) is 0 Å². The Morgan fingerprint density at radius 3 is 2.50 bits per heavy atom. The molecule has 0 radical (unpaired) electrons. The molecule has 0 amide bonds. The topological polar surface area (TPSA) is 64.6 Å². The summed E-state index contributed by atoms with van der Waals surface area (Å²) >= 11 is 2.45. The SMILES string of the molecule is Cc1cc(CCCCCn2[c](=[Pt])n(-c3ccccc3)c3ncc(-c4ccc5c(c4)oc4ccccc45)cc32)n[nH]1. The summed E-state index contributed by atoms with van der Waals surface area (Å²) in [6.07, 6.45) is 6.35. The molecule has 0 aliphatic carbocycles. The number of aryl methyl sites for hydroxylation is 3. The summed E-state index contributed by atoms with van der Waals surface area (Å²) in [4.78, 5) is 5.02. The number of imidazole rings is 1. The normalized spacial score (nSPS) is 11.8. The zero-order chi connectivity index (χ0) is 27.1. The van der Waals surface area contributed by atoms with E-state index in [1.807, 2.05) is 18.3 Å². The minimum absolute atomic E-state index is 0.898. The molecular weight excluding hydrogens is 677 g/mol. The van der Waals surface area contributed by atoms with Crippen LogP contribution in [0.25, 0.3) is 49.9 Å². The molecule has 7 rings (SSSR count). The number of H-pyrrole nitrogens is 1. The van der Waals surface area contributed by atoms with Crippen molar-refractivity contribution in [3.63, 3.8) is 0 Å². The molecule has 0 spiro atoms. The Labute approximate surface area is 242 Å². The Hall–Kier alpha value is -4.02. The fraction of sp³-hybridized carbons (Fsp3) is 0.182. The molecule has 4 aromatic heterocycles. The van der Waals surface area contributed by atoms with Crippen LogP contribution in [0, 0.1) is 10.7 Å². The van der Waals surface area contributed by atoms with Crippen molar-refractivity contribution < 1.29 is 23.8 Å². The third-order valence-electron chi connectivity index (χ3n) is 7.53. The quantitative estimate of drug-likeness (QED) is 0.164. The van der Waals surface area contributed by atoms with E-state index in [0.29, 0.717) is 0 Å². The molecule has 0 atom stereocenters. The third kappa shape index (κ3) is 4.56. The molecule has 0 aliphatic heterocycles. The first-order chi connectivity index (χ1) is 19.7. The van der Waals surface area contributed by atoms with Crippen molar-refractivity contribution >= 4 is 33.1 Å². The van der Waals surface area contributed by atoms with Gasteiger partial charge in [-0.05, 0) is 0 Å². The first kappa shape index (κ1) is 25.0. The number of para-hydroxylation sites is 2. The number of aromatic nitrogens is 5. The van der Waals surface area contributed by atoms with Crippen molar-refractivity contribution in [2.24, 2.45) is 0 Å². The summed E-state index contributed by atoms with van der Waals surface area (Å²) in [6, 6.07) is 29.6. The van der Waals surface area contributed by atoms with Gasteiger partial charge in [-0.1, -0.05) is 0 Å². The van der Waals surface area contributed by atoms with Gasteiger partial charge in [0.2, 0.25) is 0 Å². The van der Waals surface area contributed by atoms with E-state index in [2.05, 4.69) is 118 Å². The Balaban J connectivity index is 1.24. The first-order valence-electron chi connectivity index (χ1n) is 13.7. The molecule has 40 heavy (non-hydrogen) atoms. The maximum absolute atomic E-state index is 6.18. The molecule has 0 unspecified atom stereocenters. The fourth-order valence-electron chi connectivity index (χ4n) is 5.53. The van der Waals surface area contributed by atoms with Crippen molar-refractivity contribution in [3.8, 4) is 16.8 Å². The zero-order valence-electron chi connectivity index (χ0n) is 22.2. The molecule has 0 aliphatic rings. The number of hydrogen-bond acceptors (Lipinski definition) is 3. The van der Waals surface area contributed by atoms with Gasteiger partial charge in [-0.3, -0.25) is 0 Å². The van der Waals surface area contributed by atoms with Gasteiger partial charge in [-0.15, -0.1) is 0 Å². The van der Waals surface area contributed by atoms with Gasteiger partial charge < -0.3 is 0 Å². The number of hydrogen-bond donors (Lipinski definition) is 1. The number of aromatic amines is 1. The van der Waals surface area contributed by atoms with Crippen LogP contribution in [-0.4, -0.2) is 24.3 Å². The zero-order valence-corrected chi connectivity index (χ0v) is 24.5. The van der Waals surface area contributed by atoms with E-state index in [9.17, 15) is 0 Å². The van der Waals surface area contributed by atoms with E-state index >= 15 is 0 Å². The summed E-state index contributed by atoms with van der Waals surface area (Å²) in [6.45, 7) is 2.98. The molecule has 0 saturated heterocycles. The van der Waals surface area contributed by atoms with Crippen LogP contribution in [0.1, 0.15) is 30.7 Å². The van der Waals surface area contributed by atoms with E-state index in [1.54, 1.807) is 0 Å². The first-order valence-corrected chi connectivity index (χ1v) is 14.8. The van der Waals surface area contributed by atoms with Crippen molar-refractivity contribution in [2.75, 3.05) is 0 Å². The molecule has 0 bridgehead atoms. The third-order valence-corrected chi connectivity index (χ3v) is 8.65. The van der Waals surface area contributed by atoms with Gasteiger partial charge in [0, 0.05) is 0 Å². The summed E-state index contributed by atoms with van der Waals surface area (Å²) in [7, 11) is 0. The summed E-state index contributed by atoms with van der Waals surface area (Å²) in [5.74, 6) is 0. The molecule has 6 nitrogen and oxygen atoms in total. The van der Waals surface area contributed by atoms with Crippen molar-refractivity contribution in [1.82, 2.24) is 24.3 Å². The molecule has 7 heteroatoms. The van der Waals surface area contributed by atoms with Crippen molar-refractivity contribution in [3.05, 3.63) is 106 Å². The molecule has 0 saturated carbocycles. The predicted octanol–water partition coefficient (Wildman–Crippen LogP) is 7.92. The average molecular weight is 707 g/mol. The molecule has 4 heterocycles. The molecular formula is C33H29N5OPt. The van der Waals surface area contributed by atoms with Crippen LogP contribution in [0.5, 0.6) is 0 Å². The Bertz CT molecular complexity index is 2030. The monoisotopic (exact) mass is 706 g/mol. The van der Waals surface area contributed by atoms with E-state index < -0.39 is 0 Å². The maximum atomic E-state index is 6.18. The van der Waals surface area contributed by atoms with Crippen LogP contribution in [0.15, 0.2) is 95.5 Å².